The molecule has 37 heavy (non-hydrogen) atoms. The number of anilines is 1. The summed E-state index contributed by atoms with van der Waals surface area (Å²) in [5, 5.41) is 2.79. The minimum atomic E-state index is -0.882. The minimum Gasteiger partial charge on any atom is -0.483 e. The standard InChI is InChI=1S/C28H29BrN2O6/c1-15-5-8-17(9-6-15)31-22(33)14-36-20-10-7-16(29)11-18(20)23-24-19(32)12-28(2,3)13-21(24)37-26(30)25(23)27(34)35-4/h5-11,23H,12-14,30H2,1-4H3,(H,31,33). The first-order chi connectivity index (χ1) is 17.5. The number of allylic oxidation sites excluding steroid dienone is 2. The van der Waals surface area contributed by atoms with Gasteiger partial charge in [-0.1, -0.05) is 47.5 Å². The summed E-state index contributed by atoms with van der Waals surface area (Å²) in [6.07, 6.45) is 0.756. The number of nitrogens with two attached hydrogens (primary N) is 1. The molecule has 3 N–H and O–H groups in total. The highest BCUT2D eigenvalue weighted by atomic mass is 79.9. The van der Waals surface area contributed by atoms with Crippen LogP contribution in [-0.2, 0) is 23.9 Å². The molecule has 9 heteroatoms. The molecule has 0 aromatic heterocycles. The zero-order valence-corrected chi connectivity index (χ0v) is 22.7. The van der Waals surface area contributed by atoms with E-state index in [1.165, 1.54) is 7.11 Å². The average Bonchev–Trinajstić information content (AvgIpc) is 2.82. The Balaban J connectivity index is 1.71. The lowest BCUT2D eigenvalue weighted by molar-refractivity contribution is -0.136. The number of aryl methyl sites for hydroxylation is 1. The van der Waals surface area contributed by atoms with E-state index in [4.69, 9.17) is 19.9 Å². The van der Waals surface area contributed by atoms with Gasteiger partial charge in [0.05, 0.1) is 13.0 Å². The van der Waals surface area contributed by atoms with Gasteiger partial charge < -0.3 is 25.3 Å². The Kier molecular flexibility index (Phi) is 7.45. The number of ketones is 1. The number of nitrogens with one attached hydrogen (secondary N) is 1. The molecule has 1 atom stereocenters. The van der Waals surface area contributed by atoms with Crippen molar-refractivity contribution in [2.45, 2.75) is 39.5 Å². The Morgan fingerprint density at radius 2 is 1.86 bits per heavy atom. The molecule has 1 amide bonds. The summed E-state index contributed by atoms with van der Waals surface area (Å²) in [7, 11) is 1.24. The summed E-state index contributed by atoms with van der Waals surface area (Å²) in [6.45, 7) is 5.63. The maximum atomic E-state index is 13.4. The van der Waals surface area contributed by atoms with E-state index in [0.717, 1.165) is 5.56 Å². The van der Waals surface area contributed by atoms with Gasteiger partial charge in [0.2, 0.25) is 5.88 Å². The number of carbonyl (C=O) groups is 3. The van der Waals surface area contributed by atoms with E-state index < -0.39 is 11.9 Å². The Bertz CT molecular complexity index is 1330. The predicted octanol–water partition coefficient (Wildman–Crippen LogP) is 4.88. The molecule has 8 nitrogen and oxygen atoms in total. The third kappa shape index (κ3) is 5.72. The van der Waals surface area contributed by atoms with Crippen LogP contribution in [0.1, 0.15) is 43.7 Å². The normalized spacial score (nSPS) is 18.6. The lowest BCUT2D eigenvalue weighted by atomic mass is 9.70. The quantitative estimate of drug-likeness (QED) is 0.477. The molecular formula is C28H29BrN2O6. The van der Waals surface area contributed by atoms with Gasteiger partial charge in [0, 0.05) is 34.1 Å². The van der Waals surface area contributed by atoms with Gasteiger partial charge in [0.15, 0.2) is 12.4 Å². The van der Waals surface area contributed by atoms with Crippen molar-refractivity contribution in [3.8, 4) is 5.75 Å². The van der Waals surface area contributed by atoms with Gasteiger partial charge in [-0.15, -0.1) is 0 Å². The lowest BCUT2D eigenvalue weighted by Crippen LogP contribution is -2.35. The van der Waals surface area contributed by atoms with Crippen molar-refractivity contribution in [3.05, 3.63) is 80.9 Å². The van der Waals surface area contributed by atoms with Crippen LogP contribution in [0.3, 0.4) is 0 Å². The second kappa shape index (κ2) is 10.4. The summed E-state index contributed by atoms with van der Waals surface area (Å²) in [5.74, 6) is -1.46. The van der Waals surface area contributed by atoms with E-state index in [-0.39, 0.29) is 41.6 Å². The number of hydrogen-bond acceptors (Lipinski definition) is 7. The van der Waals surface area contributed by atoms with Crippen molar-refractivity contribution in [3.63, 3.8) is 0 Å². The minimum absolute atomic E-state index is 0.0152. The van der Waals surface area contributed by atoms with Crippen LogP contribution < -0.4 is 15.8 Å². The first-order valence-electron chi connectivity index (χ1n) is 11.8. The van der Waals surface area contributed by atoms with Crippen LogP contribution in [0.5, 0.6) is 5.75 Å². The van der Waals surface area contributed by atoms with Gasteiger partial charge in [0.25, 0.3) is 5.91 Å². The molecule has 0 spiro atoms. The third-order valence-electron chi connectivity index (χ3n) is 6.34. The molecular weight excluding hydrogens is 540 g/mol. The molecule has 1 aliphatic carbocycles. The van der Waals surface area contributed by atoms with Gasteiger partial charge in [-0.25, -0.2) is 4.79 Å². The van der Waals surface area contributed by atoms with Crippen LogP contribution in [0.15, 0.2) is 69.7 Å². The summed E-state index contributed by atoms with van der Waals surface area (Å²) in [5.41, 5.74) is 8.48. The van der Waals surface area contributed by atoms with Crippen LogP contribution in [-0.4, -0.2) is 31.4 Å². The number of esters is 1. The summed E-state index contributed by atoms with van der Waals surface area (Å²) < 4.78 is 17.5. The lowest BCUT2D eigenvalue weighted by Gasteiger charge is -2.38. The van der Waals surface area contributed by atoms with Gasteiger partial charge in [-0.3, -0.25) is 9.59 Å². The molecule has 194 valence electrons. The second-order valence-electron chi connectivity index (χ2n) is 9.97. The number of rotatable bonds is 6. The number of benzene rings is 2. The summed E-state index contributed by atoms with van der Waals surface area (Å²) in [4.78, 5) is 38.9. The van der Waals surface area contributed by atoms with E-state index in [0.29, 0.717) is 39.2 Å². The molecule has 1 aliphatic heterocycles. The number of carbonyl (C=O) groups excluding carboxylic acids is 3. The van der Waals surface area contributed by atoms with E-state index in [1.54, 1.807) is 30.3 Å². The zero-order valence-electron chi connectivity index (χ0n) is 21.1. The number of halogens is 1. The number of ether oxygens (including phenoxy) is 3. The summed E-state index contributed by atoms with van der Waals surface area (Å²) >= 11 is 3.47. The number of amides is 1. The average molecular weight is 569 g/mol. The van der Waals surface area contributed by atoms with Gasteiger partial charge >= 0.3 is 5.97 Å². The smallest absolute Gasteiger partial charge is 0.340 e. The van der Waals surface area contributed by atoms with Crippen molar-refractivity contribution < 1.29 is 28.6 Å². The van der Waals surface area contributed by atoms with Crippen LogP contribution in [0.2, 0.25) is 0 Å². The highest BCUT2D eigenvalue weighted by Crippen LogP contribution is 2.50. The highest BCUT2D eigenvalue weighted by molar-refractivity contribution is 9.10. The molecule has 1 heterocycles. The SMILES string of the molecule is COC(=O)C1=C(N)OC2=C(C(=O)CC(C)(C)C2)C1c1cc(Br)ccc1OCC(=O)Nc1ccc(C)cc1. The Labute approximate surface area is 224 Å². The largest absolute Gasteiger partial charge is 0.483 e. The predicted molar refractivity (Wildman–Crippen MR) is 142 cm³/mol. The van der Waals surface area contributed by atoms with Crippen LogP contribution in [0.25, 0.3) is 0 Å². The fourth-order valence-electron chi connectivity index (χ4n) is 4.66. The molecule has 0 fully saturated rings. The molecule has 0 saturated heterocycles. The molecule has 0 saturated carbocycles. The van der Waals surface area contributed by atoms with E-state index in [1.807, 2.05) is 32.9 Å². The van der Waals surface area contributed by atoms with E-state index in [2.05, 4.69) is 21.2 Å². The first-order valence-corrected chi connectivity index (χ1v) is 12.6. The number of hydrogen-bond donors (Lipinski definition) is 2. The van der Waals surface area contributed by atoms with Crippen LogP contribution in [0, 0.1) is 12.3 Å². The van der Waals surface area contributed by atoms with Crippen molar-refractivity contribution in [1.82, 2.24) is 0 Å². The number of Topliss-reactive ketones (excluding diaryl/α,β-unsaturated/α-hetero) is 1. The van der Waals surface area contributed by atoms with Crippen molar-refractivity contribution in [2.75, 3.05) is 19.0 Å². The maximum absolute atomic E-state index is 13.4. The maximum Gasteiger partial charge on any atom is 0.340 e. The Morgan fingerprint density at radius 3 is 2.54 bits per heavy atom. The van der Waals surface area contributed by atoms with Gasteiger partial charge in [0.1, 0.15) is 17.1 Å². The molecule has 1 unspecified atom stereocenters. The molecule has 0 radical (unpaired) electrons. The van der Waals surface area contributed by atoms with E-state index in [9.17, 15) is 14.4 Å². The molecule has 4 rings (SSSR count). The van der Waals surface area contributed by atoms with Gasteiger partial charge in [-0.2, -0.15) is 0 Å². The zero-order chi connectivity index (χ0) is 26.9. The van der Waals surface area contributed by atoms with Crippen molar-refractivity contribution in [2.24, 2.45) is 11.1 Å². The molecule has 2 aliphatic rings. The molecule has 2 aromatic rings. The topological polar surface area (TPSA) is 117 Å². The van der Waals surface area contributed by atoms with Crippen molar-refractivity contribution >= 4 is 39.3 Å². The van der Waals surface area contributed by atoms with Crippen LogP contribution in [0.4, 0.5) is 5.69 Å². The fourth-order valence-corrected chi connectivity index (χ4v) is 5.04. The van der Waals surface area contributed by atoms with Crippen molar-refractivity contribution in [1.29, 1.82) is 0 Å². The number of methoxy groups -OCH3 is 1. The fraction of sp³-hybridized carbons (Fsp3) is 0.321. The Morgan fingerprint density at radius 1 is 1.16 bits per heavy atom. The molecule has 0 bridgehead atoms. The first kappa shape index (κ1) is 26.5. The van der Waals surface area contributed by atoms with Gasteiger partial charge in [-0.05, 0) is 42.7 Å². The van der Waals surface area contributed by atoms with Crippen LogP contribution >= 0.6 is 15.9 Å². The highest BCUT2D eigenvalue weighted by Gasteiger charge is 2.45. The third-order valence-corrected chi connectivity index (χ3v) is 6.83. The van der Waals surface area contributed by atoms with E-state index >= 15 is 0 Å². The molecule has 2 aromatic carbocycles. The second-order valence-corrected chi connectivity index (χ2v) is 10.9. The summed E-state index contributed by atoms with van der Waals surface area (Å²) in [6, 6.07) is 12.6. The Hall–Kier alpha value is -3.59. The monoisotopic (exact) mass is 568 g/mol.